The van der Waals surface area contributed by atoms with E-state index >= 15 is 0 Å². The van der Waals surface area contributed by atoms with Crippen molar-refractivity contribution in [3.05, 3.63) is 94.0 Å². The first kappa shape index (κ1) is 20.0. The van der Waals surface area contributed by atoms with Crippen LogP contribution in [0.25, 0.3) is 11.0 Å². The molecule has 31 heavy (non-hydrogen) atoms. The van der Waals surface area contributed by atoms with Crippen molar-refractivity contribution in [3.63, 3.8) is 0 Å². The number of imidazole rings is 1. The molecule has 2 heterocycles. The quantitative estimate of drug-likeness (QED) is 0.377. The van der Waals surface area contributed by atoms with Crippen molar-refractivity contribution in [3.8, 4) is 0 Å². The molecule has 1 unspecified atom stereocenters. The van der Waals surface area contributed by atoms with Crippen LogP contribution in [0.1, 0.15) is 23.7 Å². The largest absolute Gasteiger partial charge is 0.323 e. The third-order valence-electron chi connectivity index (χ3n) is 5.62. The van der Waals surface area contributed by atoms with Gasteiger partial charge in [-0.25, -0.2) is 9.37 Å². The SMILES string of the molecule is O=C1CC(c2nc3ccccc3n2Cc2ccc(Cl)c(Cl)c2)CN1c1cccc(F)c1. The zero-order valence-electron chi connectivity index (χ0n) is 16.4. The number of anilines is 1. The van der Waals surface area contributed by atoms with Crippen molar-refractivity contribution in [2.45, 2.75) is 18.9 Å². The van der Waals surface area contributed by atoms with Gasteiger partial charge in [0.1, 0.15) is 11.6 Å². The zero-order valence-corrected chi connectivity index (χ0v) is 17.9. The lowest BCUT2D eigenvalue weighted by Gasteiger charge is -2.17. The third-order valence-corrected chi connectivity index (χ3v) is 6.36. The molecule has 4 nitrogen and oxygen atoms in total. The van der Waals surface area contributed by atoms with Gasteiger partial charge in [0.2, 0.25) is 5.91 Å². The van der Waals surface area contributed by atoms with Crippen LogP contribution in [-0.4, -0.2) is 22.0 Å². The molecule has 7 heteroatoms. The summed E-state index contributed by atoms with van der Waals surface area (Å²) < 4.78 is 15.8. The van der Waals surface area contributed by atoms with Crippen molar-refractivity contribution in [1.82, 2.24) is 9.55 Å². The molecule has 0 bridgehead atoms. The van der Waals surface area contributed by atoms with Crippen molar-refractivity contribution in [2.24, 2.45) is 0 Å². The Hall–Kier alpha value is -2.89. The van der Waals surface area contributed by atoms with Crippen LogP contribution in [0.3, 0.4) is 0 Å². The number of nitrogens with zero attached hydrogens (tertiary/aromatic N) is 3. The van der Waals surface area contributed by atoms with E-state index in [2.05, 4.69) is 4.57 Å². The molecule has 1 aliphatic rings. The summed E-state index contributed by atoms with van der Waals surface area (Å²) in [5.74, 6) is 0.329. The maximum absolute atomic E-state index is 13.7. The minimum atomic E-state index is -0.361. The summed E-state index contributed by atoms with van der Waals surface area (Å²) in [6.45, 7) is 1.00. The Labute approximate surface area is 188 Å². The summed E-state index contributed by atoms with van der Waals surface area (Å²) in [6, 6.07) is 19.6. The summed E-state index contributed by atoms with van der Waals surface area (Å²) in [5, 5.41) is 1.01. The van der Waals surface area contributed by atoms with Crippen LogP contribution in [0.15, 0.2) is 66.7 Å². The second-order valence-electron chi connectivity index (χ2n) is 7.68. The molecule has 0 N–H and O–H groups in total. The van der Waals surface area contributed by atoms with Crippen LogP contribution in [-0.2, 0) is 11.3 Å². The molecule has 156 valence electrons. The van der Waals surface area contributed by atoms with E-state index in [1.54, 1.807) is 23.1 Å². The minimum Gasteiger partial charge on any atom is -0.323 e. The number of halogens is 3. The van der Waals surface area contributed by atoms with Gasteiger partial charge in [0.25, 0.3) is 0 Å². The molecule has 1 aromatic heterocycles. The number of rotatable bonds is 4. The molecule has 5 rings (SSSR count). The van der Waals surface area contributed by atoms with E-state index in [4.69, 9.17) is 28.2 Å². The number of hydrogen-bond donors (Lipinski definition) is 0. The maximum atomic E-state index is 13.7. The van der Waals surface area contributed by atoms with E-state index in [-0.39, 0.29) is 17.6 Å². The molecule has 3 aromatic carbocycles. The molecule has 0 spiro atoms. The third kappa shape index (κ3) is 3.80. The van der Waals surface area contributed by atoms with Gasteiger partial charge < -0.3 is 9.47 Å². The van der Waals surface area contributed by atoms with Crippen LogP contribution in [0, 0.1) is 5.82 Å². The molecule has 0 saturated carbocycles. The number of benzene rings is 3. The van der Waals surface area contributed by atoms with Gasteiger partial charge in [-0.05, 0) is 48.0 Å². The monoisotopic (exact) mass is 453 g/mol. The highest BCUT2D eigenvalue weighted by Gasteiger charge is 2.35. The average molecular weight is 454 g/mol. The first-order valence-electron chi connectivity index (χ1n) is 9.94. The Morgan fingerprint density at radius 3 is 2.65 bits per heavy atom. The lowest BCUT2D eigenvalue weighted by atomic mass is 10.1. The first-order valence-corrected chi connectivity index (χ1v) is 10.7. The summed E-state index contributed by atoms with van der Waals surface area (Å²) in [5.41, 5.74) is 3.42. The lowest BCUT2D eigenvalue weighted by Crippen LogP contribution is -2.24. The molecule has 1 aliphatic heterocycles. The fraction of sp³-hybridized carbons (Fsp3) is 0.167. The molecular formula is C24H18Cl2FN3O. The second-order valence-corrected chi connectivity index (χ2v) is 8.49. The van der Waals surface area contributed by atoms with E-state index in [1.807, 2.05) is 36.4 Å². The van der Waals surface area contributed by atoms with E-state index in [0.717, 1.165) is 22.4 Å². The Morgan fingerprint density at radius 1 is 1.00 bits per heavy atom. The summed E-state index contributed by atoms with van der Waals surface area (Å²) in [7, 11) is 0. The Kier molecular flexibility index (Phi) is 5.16. The molecule has 0 radical (unpaired) electrons. The van der Waals surface area contributed by atoms with Crippen LogP contribution >= 0.6 is 23.2 Å². The zero-order chi connectivity index (χ0) is 21.5. The topological polar surface area (TPSA) is 38.1 Å². The molecule has 0 aliphatic carbocycles. The predicted molar refractivity (Wildman–Crippen MR) is 121 cm³/mol. The predicted octanol–water partition coefficient (Wildman–Crippen LogP) is 6.05. The molecular weight excluding hydrogens is 436 g/mol. The molecule has 1 saturated heterocycles. The smallest absolute Gasteiger partial charge is 0.227 e. The Morgan fingerprint density at radius 2 is 1.84 bits per heavy atom. The molecule has 4 aromatic rings. The van der Waals surface area contributed by atoms with Crippen LogP contribution in [0.5, 0.6) is 0 Å². The normalized spacial score (nSPS) is 16.4. The molecule has 1 amide bonds. The van der Waals surface area contributed by atoms with Crippen molar-refractivity contribution in [1.29, 1.82) is 0 Å². The Bertz CT molecular complexity index is 1300. The van der Waals surface area contributed by atoms with E-state index < -0.39 is 0 Å². The highest BCUT2D eigenvalue weighted by Crippen LogP contribution is 2.34. The van der Waals surface area contributed by atoms with Gasteiger partial charge in [0.05, 0.1) is 21.1 Å². The minimum absolute atomic E-state index is 0.0382. The number of fused-ring (bicyclic) bond motifs is 1. The van der Waals surface area contributed by atoms with Crippen LogP contribution in [0.2, 0.25) is 10.0 Å². The van der Waals surface area contributed by atoms with E-state index in [0.29, 0.717) is 35.2 Å². The van der Waals surface area contributed by atoms with Gasteiger partial charge in [-0.1, -0.05) is 47.5 Å². The molecule has 1 atom stereocenters. The van der Waals surface area contributed by atoms with Gasteiger partial charge >= 0.3 is 0 Å². The highest BCUT2D eigenvalue weighted by molar-refractivity contribution is 6.42. The first-order chi connectivity index (χ1) is 15.0. The standard InChI is InChI=1S/C24H18Cl2FN3O/c25-19-9-8-15(10-20(19)26)13-30-22-7-2-1-6-21(22)28-24(30)16-11-23(31)29(14-16)18-5-3-4-17(27)12-18/h1-10,12,16H,11,13-14H2. The number of carbonyl (C=O) groups excluding carboxylic acids is 1. The fourth-order valence-electron chi connectivity index (χ4n) is 4.17. The van der Waals surface area contributed by atoms with Gasteiger partial charge in [0, 0.05) is 31.1 Å². The Balaban J connectivity index is 1.53. The van der Waals surface area contributed by atoms with Gasteiger partial charge in [-0.2, -0.15) is 0 Å². The number of hydrogen-bond acceptors (Lipinski definition) is 2. The average Bonchev–Trinajstić information content (AvgIpc) is 3.31. The van der Waals surface area contributed by atoms with Gasteiger partial charge in [-0.15, -0.1) is 0 Å². The number of para-hydroxylation sites is 2. The van der Waals surface area contributed by atoms with E-state index in [9.17, 15) is 9.18 Å². The van der Waals surface area contributed by atoms with Crippen molar-refractivity contribution >= 4 is 45.8 Å². The summed E-state index contributed by atoms with van der Waals surface area (Å²) in [6.07, 6.45) is 0.321. The maximum Gasteiger partial charge on any atom is 0.227 e. The van der Waals surface area contributed by atoms with Crippen molar-refractivity contribution in [2.75, 3.05) is 11.4 Å². The fourth-order valence-corrected chi connectivity index (χ4v) is 4.49. The van der Waals surface area contributed by atoms with Gasteiger partial charge in [0.15, 0.2) is 0 Å². The number of amides is 1. The highest BCUT2D eigenvalue weighted by atomic mass is 35.5. The number of aromatic nitrogens is 2. The van der Waals surface area contributed by atoms with Crippen LogP contribution < -0.4 is 4.90 Å². The lowest BCUT2D eigenvalue weighted by molar-refractivity contribution is -0.117. The number of carbonyl (C=O) groups is 1. The summed E-state index contributed by atoms with van der Waals surface area (Å²) in [4.78, 5) is 19.3. The molecule has 1 fully saturated rings. The van der Waals surface area contributed by atoms with E-state index in [1.165, 1.54) is 12.1 Å². The second kappa shape index (κ2) is 7.98. The van der Waals surface area contributed by atoms with Crippen LogP contribution in [0.4, 0.5) is 10.1 Å². The summed E-state index contributed by atoms with van der Waals surface area (Å²) >= 11 is 12.3. The van der Waals surface area contributed by atoms with Gasteiger partial charge in [-0.3, -0.25) is 4.79 Å². The van der Waals surface area contributed by atoms with Crippen molar-refractivity contribution < 1.29 is 9.18 Å².